The quantitative estimate of drug-likeness (QED) is 0.444. The van der Waals surface area contributed by atoms with E-state index in [1.807, 2.05) is 0 Å². The van der Waals surface area contributed by atoms with Crippen LogP contribution >= 0.6 is 0 Å². The number of hydrogen-bond donors (Lipinski definition) is 0. The third-order valence-corrected chi connectivity index (χ3v) is 1.04. The average molecular weight is 166 g/mol. The van der Waals surface area contributed by atoms with Crippen LogP contribution in [0.5, 0.6) is 5.75 Å². The predicted molar refractivity (Wildman–Crippen MR) is 42.4 cm³/mol. The van der Waals surface area contributed by atoms with Crippen LogP contribution in [0.25, 0.3) is 0 Å². The fraction of sp³-hybridized carbons (Fsp3) is 0. The zero-order chi connectivity index (χ0) is 7.40. The Balaban J connectivity index is 0. The Hall–Kier alpha value is -1.33. The molecule has 0 spiro atoms. The van der Waals surface area contributed by atoms with Gasteiger partial charge >= 0.3 is 59.3 Å². The van der Waals surface area contributed by atoms with Gasteiger partial charge in [0.1, 0.15) is 0 Å². The summed E-state index contributed by atoms with van der Waals surface area (Å²) >= 11 is 0. The molecule has 62 valence electrons. The average Bonchev–Trinajstić information content (AvgIpc) is 1.88. The normalized spacial score (nSPS) is 7.50. The van der Waals surface area contributed by atoms with Gasteiger partial charge in [-0.05, 0) is 0 Å². The van der Waals surface area contributed by atoms with Crippen LogP contribution in [0.3, 0.4) is 0 Å². The molecule has 1 rings (SSSR count). The minimum Gasteiger partial charge on any atom is -0.870 e. The van der Waals surface area contributed by atoms with E-state index in [-0.39, 0.29) is 11.0 Å². The number of benzene rings is 1. The van der Waals surface area contributed by atoms with Crippen LogP contribution in [0.2, 0.25) is 0 Å². The SMILES string of the molecule is [B+2]c1cccc(OC=O)c1.[OH-].[OH-]. The van der Waals surface area contributed by atoms with E-state index in [4.69, 9.17) is 7.85 Å². The Labute approximate surface area is 71.2 Å². The molecule has 0 amide bonds. The van der Waals surface area contributed by atoms with E-state index in [0.29, 0.717) is 17.7 Å². The first-order valence-corrected chi connectivity index (χ1v) is 2.79. The first-order valence-electron chi connectivity index (χ1n) is 2.79. The molecule has 0 bridgehead atoms. The maximum Gasteiger partial charge on any atom is -0.870 e. The van der Waals surface area contributed by atoms with Crippen LogP contribution in [-0.2, 0) is 4.79 Å². The van der Waals surface area contributed by atoms with E-state index in [0.717, 1.165) is 0 Å². The largest absolute Gasteiger partial charge is 0.870 e. The van der Waals surface area contributed by atoms with Gasteiger partial charge in [-0.3, -0.25) is 0 Å². The fourth-order valence-electron chi connectivity index (χ4n) is 0.643. The molecule has 4 nitrogen and oxygen atoms in total. The summed E-state index contributed by atoms with van der Waals surface area (Å²) in [6, 6.07) is 6.67. The van der Waals surface area contributed by atoms with Crippen molar-refractivity contribution in [2.45, 2.75) is 0 Å². The van der Waals surface area contributed by atoms with Gasteiger partial charge in [-0.1, -0.05) is 0 Å². The summed E-state index contributed by atoms with van der Waals surface area (Å²) in [4.78, 5) is 9.82. The summed E-state index contributed by atoms with van der Waals surface area (Å²) in [6.07, 6.45) is 0. The number of carbonyl (C=O) groups excluding carboxylic acids is 1. The number of hydrogen-bond acceptors (Lipinski definition) is 4. The molecule has 0 aromatic heterocycles. The maximum atomic E-state index is 9.82. The summed E-state index contributed by atoms with van der Waals surface area (Å²) < 4.78 is 4.53. The predicted octanol–water partition coefficient (Wildman–Crippen LogP) is -0.338. The molecule has 0 saturated carbocycles. The molecule has 0 atom stereocenters. The van der Waals surface area contributed by atoms with Crippen LogP contribution in [0.4, 0.5) is 0 Å². The van der Waals surface area contributed by atoms with Gasteiger partial charge in [0.05, 0.1) is 0 Å². The van der Waals surface area contributed by atoms with Crippen LogP contribution in [0.1, 0.15) is 0 Å². The van der Waals surface area contributed by atoms with Crippen LogP contribution in [-0.4, -0.2) is 25.3 Å². The third-order valence-electron chi connectivity index (χ3n) is 1.04. The zero-order valence-electron chi connectivity index (χ0n) is 6.18. The van der Waals surface area contributed by atoms with Crippen molar-refractivity contribution < 1.29 is 20.5 Å². The Morgan fingerprint density at radius 3 is 2.50 bits per heavy atom. The Bertz CT molecular complexity index is 239. The second-order valence-electron chi connectivity index (χ2n) is 1.79. The van der Waals surface area contributed by atoms with E-state index in [1.54, 1.807) is 24.3 Å². The van der Waals surface area contributed by atoms with Crippen LogP contribution < -0.4 is 10.2 Å². The molecule has 0 aliphatic rings. The monoisotopic (exact) mass is 166 g/mol. The number of ether oxygens (including phenoxy) is 1. The Morgan fingerprint density at radius 1 is 1.33 bits per heavy atom. The maximum absolute atomic E-state index is 9.82. The molecule has 0 unspecified atom stereocenters. The van der Waals surface area contributed by atoms with Gasteiger partial charge in [0, 0.05) is 0 Å². The van der Waals surface area contributed by atoms with Crippen molar-refractivity contribution in [1.82, 2.24) is 0 Å². The fourth-order valence-corrected chi connectivity index (χ4v) is 0.643. The minimum absolute atomic E-state index is 0. The molecule has 0 aliphatic carbocycles. The van der Waals surface area contributed by atoms with Gasteiger partial charge in [-0.15, -0.1) is 0 Å². The molecule has 5 heteroatoms. The van der Waals surface area contributed by atoms with Gasteiger partial charge < -0.3 is 11.0 Å². The summed E-state index contributed by atoms with van der Waals surface area (Å²) in [5.41, 5.74) is 0.583. The molecular formula is C7H7BO4. The van der Waals surface area contributed by atoms with E-state index in [9.17, 15) is 4.79 Å². The van der Waals surface area contributed by atoms with Crippen molar-refractivity contribution in [3.05, 3.63) is 24.3 Å². The summed E-state index contributed by atoms with van der Waals surface area (Å²) in [6.45, 7) is 0.370. The summed E-state index contributed by atoms with van der Waals surface area (Å²) in [7, 11) is 5.39. The molecule has 12 heavy (non-hydrogen) atoms. The number of carbonyl (C=O) groups is 1. The van der Waals surface area contributed by atoms with Gasteiger partial charge in [0.15, 0.2) is 0 Å². The Morgan fingerprint density at radius 2 is 2.00 bits per heavy atom. The smallest absolute Gasteiger partial charge is 0.870 e. The topological polar surface area (TPSA) is 86.3 Å². The molecule has 0 radical (unpaired) electrons. The molecule has 0 heterocycles. The second kappa shape index (κ2) is 6.39. The van der Waals surface area contributed by atoms with Gasteiger partial charge in [-0.25, -0.2) is 0 Å². The molecular weight excluding hydrogens is 159 g/mol. The molecule has 1 aromatic rings. The van der Waals surface area contributed by atoms with Crippen molar-refractivity contribution in [3.8, 4) is 5.75 Å². The van der Waals surface area contributed by atoms with Gasteiger partial charge in [-0.2, -0.15) is 0 Å². The van der Waals surface area contributed by atoms with Gasteiger partial charge in [0.2, 0.25) is 0 Å². The first-order chi connectivity index (χ1) is 4.83. The van der Waals surface area contributed by atoms with Crippen molar-refractivity contribution >= 4 is 19.8 Å². The van der Waals surface area contributed by atoms with Crippen LogP contribution in [0, 0.1) is 0 Å². The van der Waals surface area contributed by atoms with Gasteiger partial charge in [0.25, 0.3) is 0 Å². The molecule has 2 N–H and O–H groups in total. The number of rotatable bonds is 2. The second-order valence-corrected chi connectivity index (χ2v) is 1.79. The van der Waals surface area contributed by atoms with Crippen molar-refractivity contribution in [1.29, 1.82) is 0 Å². The first kappa shape index (κ1) is 13.3. The summed E-state index contributed by atoms with van der Waals surface area (Å²) in [5, 5.41) is 0. The molecule has 0 saturated heterocycles. The molecule has 0 aliphatic heterocycles. The summed E-state index contributed by atoms with van der Waals surface area (Å²) in [5.74, 6) is 0.468. The van der Waals surface area contributed by atoms with E-state index in [2.05, 4.69) is 4.74 Å². The van der Waals surface area contributed by atoms with Crippen LogP contribution in [0.15, 0.2) is 24.3 Å². The molecule has 1 aromatic carbocycles. The van der Waals surface area contributed by atoms with E-state index < -0.39 is 0 Å². The standard InChI is InChI=1S/C7H5BO2.2H2O/c8-6-2-1-3-7(4-6)10-5-9;;/h1-5H;2*1H2/q+2;;/p-2. The van der Waals surface area contributed by atoms with Crippen molar-refractivity contribution in [3.63, 3.8) is 0 Å². The third kappa shape index (κ3) is 3.75. The van der Waals surface area contributed by atoms with Crippen molar-refractivity contribution in [2.75, 3.05) is 0 Å². The van der Waals surface area contributed by atoms with E-state index in [1.165, 1.54) is 0 Å². The van der Waals surface area contributed by atoms with Crippen molar-refractivity contribution in [2.24, 2.45) is 0 Å². The molecule has 0 fully saturated rings. The minimum atomic E-state index is 0. The van der Waals surface area contributed by atoms with E-state index >= 15 is 0 Å². The Kier molecular flexibility index (Phi) is 7.07. The zero-order valence-corrected chi connectivity index (χ0v) is 6.18.